The van der Waals surface area contributed by atoms with Crippen LogP contribution in [-0.4, -0.2) is 44.3 Å². The molecule has 0 radical (unpaired) electrons. The van der Waals surface area contributed by atoms with Crippen molar-refractivity contribution in [1.29, 1.82) is 0 Å². The van der Waals surface area contributed by atoms with Crippen LogP contribution < -0.4 is 14.8 Å². The number of hydrogen-bond donors (Lipinski definition) is 1. The van der Waals surface area contributed by atoms with Gasteiger partial charge in [0.1, 0.15) is 6.04 Å². The van der Waals surface area contributed by atoms with E-state index in [1.807, 2.05) is 12.1 Å². The van der Waals surface area contributed by atoms with E-state index in [9.17, 15) is 13.2 Å². The minimum absolute atomic E-state index is 0.205. The smallest absolute Gasteiger partial charge is 0.238 e. The summed E-state index contributed by atoms with van der Waals surface area (Å²) in [6, 6.07) is 4.84. The Balaban J connectivity index is 1.63. The van der Waals surface area contributed by atoms with Gasteiger partial charge in [0.2, 0.25) is 22.7 Å². The molecule has 1 N–H and O–H groups in total. The molecule has 1 aromatic carbocycles. The molecule has 0 spiro atoms. The molecule has 0 aromatic heterocycles. The Hall–Kier alpha value is -1.80. The Labute approximate surface area is 129 Å². The second kappa shape index (κ2) is 5.77. The van der Waals surface area contributed by atoms with Gasteiger partial charge in [-0.05, 0) is 30.5 Å². The zero-order valence-corrected chi connectivity index (χ0v) is 13.1. The number of nitrogens with one attached hydrogen (secondary N) is 1. The SMILES string of the molecule is CS(=O)(=O)N1CCCC1C(=O)NCc1ccc2c(c1)OCO2. The van der Waals surface area contributed by atoms with Gasteiger partial charge in [-0.3, -0.25) is 4.79 Å². The molecule has 0 bridgehead atoms. The molecule has 2 heterocycles. The highest BCUT2D eigenvalue weighted by Gasteiger charge is 2.36. The van der Waals surface area contributed by atoms with Crippen molar-refractivity contribution in [3.05, 3.63) is 23.8 Å². The Bertz CT molecular complexity index is 688. The molecule has 1 fully saturated rings. The topological polar surface area (TPSA) is 84.9 Å². The quantitative estimate of drug-likeness (QED) is 0.869. The third-order valence-electron chi connectivity index (χ3n) is 3.84. The van der Waals surface area contributed by atoms with Gasteiger partial charge in [0.05, 0.1) is 6.26 Å². The van der Waals surface area contributed by atoms with Crippen LogP contribution >= 0.6 is 0 Å². The molecule has 1 aromatic rings. The number of hydrogen-bond acceptors (Lipinski definition) is 5. The Morgan fingerprint density at radius 3 is 2.91 bits per heavy atom. The van der Waals surface area contributed by atoms with E-state index < -0.39 is 16.1 Å². The third-order valence-corrected chi connectivity index (χ3v) is 5.13. The van der Waals surface area contributed by atoms with Gasteiger partial charge in [-0.25, -0.2) is 8.42 Å². The summed E-state index contributed by atoms with van der Waals surface area (Å²) in [6.45, 7) is 0.932. The van der Waals surface area contributed by atoms with E-state index in [2.05, 4.69) is 5.32 Å². The van der Waals surface area contributed by atoms with Crippen molar-refractivity contribution in [2.75, 3.05) is 19.6 Å². The Kier molecular flexibility index (Phi) is 3.96. The zero-order valence-electron chi connectivity index (χ0n) is 12.2. The fourth-order valence-electron chi connectivity index (χ4n) is 2.76. The number of rotatable bonds is 4. The maximum absolute atomic E-state index is 12.2. The van der Waals surface area contributed by atoms with Crippen LogP contribution in [0.4, 0.5) is 0 Å². The molecule has 2 aliphatic rings. The third kappa shape index (κ3) is 3.02. The number of ether oxygens (including phenoxy) is 2. The standard InChI is InChI=1S/C14H18N2O5S/c1-22(18,19)16-6-2-3-11(16)14(17)15-8-10-4-5-12-13(7-10)21-9-20-12/h4-5,7,11H,2-3,6,8-9H2,1H3,(H,15,17). The van der Waals surface area contributed by atoms with Crippen LogP contribution in [0.15, 0.2) is 18.2 Å². The van der Waals surface area contributed by atoms with Crippen molar-refractivity contribution >= 4 is 15.9 Å². The van der Waals surface area contributed by atoms with Gasteiger partial charge in [0.25, 0.3) is 0 Å². The highest BCUT2D eigenvalue weighted by Crippen LogP contribution is 2.32. The summed E-state index contributed by atoms with van der Waals surface area (Å²) in [7, 11) is -3.35. The summed E-state index contributed by atoms with van der Waals surface area (Å²) in [5, 5.41) is 2.79. The van der Waals surface area contributed by atoms with Gasteiger partial charge in [-0.2, -0.15) is 4.31 Å². The van der Waals surface area contributed by atoms with Gasteiger partial charge in [0.15, 0.2) is 11.5 Å². The van der Waals surface area contributed by atoms with Crippen LogP contribution in [0, 0.1) is 0 Å². The average molecular weight is 326 g/mol. The average Bonchev–Trinajstić information content (AvgIpc) is 3.12. The van der Waals surface area contributed by atoms with Gasteiger partial charge in [-0.1, -0.05) is 6.07 Å². The van der Waals surface area contributed by atoms with Crippen LogP contribution in [0.1, 0.15) is 18.4 Å². The summed E-state index contributed by atoms with van der Waals surface area (Å²) in [5.74, 6) is 1.08. The Morgan fingerprint density at radius 1 is 1.36 bits per heavy atom. The Morgan fingerprint density at radius 2 is 2.14 bits per heavy atom. The molecule has 8 heteroatoms. The predicted molar refractivity (Wildman–Crippen MR) is 79.0 cm³/mol. The second-order valence-corrected chi connectivity index (χ2v) is 7.37. The first kappa shape index (κ1) is 15.1. The minimum Gasteiger partial charge on any atom is -0.454 e. The molecular formula is C14H18N2O5S. The zero-order chi connectivity index (χ0) is 15.7. The van der Waals surface area contributed by atoms with Crippen LogP contribution in [0.3, 0.4) is 0 Å². The molecule has 0 aliphatic carbocycles. The number of fused-ring (bicyclic) bond motifs is 1. The monoisotopic (exact) mass is 326 g/mol. The molecule has 22 heavy (non-hydrogen) atoms. The van der Waals surface area contributed by atoms with Gasteiger partial charge >= 0.3 is 0 Å². The van der Waals surface area contributed by atoms with Crippen LogP contribution in [-0.2, 0) is 21.4 Å². The van der Waals surface area contributed by atoms with Crippen LogP contribution in [0.25, 0.3) is 0 Å². The summed E-state index contributed by atoms with van der Waals surface area (Å²) >= 11 is 0. The molecule has 2 aliphatic heterocycles. The van der Waals surface area contributed by atoms with Crippen molar-refractivity contribution in [1.82, 2.24) is 9.62 Å². The summed E-state index contributed by atoms with van der Waals surface area (Å²) in [4.78, 5) is 12.2. The van der Waals surface area contributed by atoms with Crippen LogP contribution in [0.5, 0.6) is 11.5 Å². The lowest BCUT2D eigenvalue weighted by molar-refractivity contribution is -0.124. The summed E-state index contributed by atoms with van der Waals surface area (Å²) in [6.07, 6.45) is 2.39. The van der Waals surface area contributed by atoms with E-state index in [0.717, 1.165) is 11.8 Å². The lowest BCUT2D eigenvalue weighted by Crippen LogP contribution is -2.45. The number of sulfonamides is 1. The van der Waals surface area contributed by atoms with Crippen molar-refractivity contribution < 1.29 is 22.7 Å². The van der Waals surface area contributed by atoms with E-state index in [1.165, 1.54) is 4.31 Å². The lowest BCUT2D eigenvalue weighted by Gasteiger charge is -2.21. The molecule has 3 rings (SSSR count). The molecule has 7 nitrogen and oxygen atoms in total. The molecule has 0 saturated carbocycles. The summed E-state index contributed by atoms with van der Waals surface area (Å²) in [5.41, 5.74) is 0.876. The van der Waals surface area contributed by atoms with E-state index >= 15 is 0 Å². The van der Waals surface area contributed by atoms with E-state index in [4.69, 9.17) is 9.47 Å². The highest BCUT2D eigenvalue weighted by atomic mass is 32.2. The number of nitrogens with zero attached hydrogens (tertiary/aromatic N) is 1. The predicted octanol–water partition coefficient (Wildman–Crippen LogP) is 0.456. The number of amides is 1. The van der Waals surface area contributed by atoms with Gasteiger partial charge in [-0.15, -0.1) is 0 Å². The van der Waals surface area contributed by atoms with Crippen molar-refractivity contribution in [3.63, 3.8) is 0 Å². The molecule has 1 amide bonds. The first-order chi connectivity index (χ1) is 10.4. The molecule has 1 atom stereocenters. The van der Waals surface area contributed by atoms with Crippen LogP contribution in [0.2, 0.25) is 0 Å². The normalized spacial score (nSPS) is 21.0. The van der Waals surface area contributed by atoms with Crippen molar-refractivity contribution in [2.45, 2.75) is 25.4 Å². The fourth-order valence-corrected chi connectivity index (χ4v) is 3.88. The van der Waals surface area contributed by atoms with E-state index in [-0.39, 0.29) is 12.7 Å². The molecule has 120 valence electrons. The lowest BCUT2D eigenvalue weighted by atomic mass is 10.2. The fraction of sp³-hybridized carbons (Fsp3) is 0.500. The van der Waals surface area contributed by atoms with Gasteiger partial charge in [0, 0.05) is 13.1 Å². The van der Waals surface area contributed by atoms with Gasteiger partial charge < -0.3 is 14.8 Å². The first-order valence-electron chi connectivity index (χ1n) is 7.08. The van der Waals surface area contributed by atoms with Crippen molar-refractivity contribution in [2.24, 2.45) is 0 Å². The number of benzene rings is 1. The summed E-state index contributed by atoms with van der Waals surface area (Å²) < 4.78 is 35.1. The van der Waals surface area contributed by atoms with E-state index in [0.29, 0.717) is 37.4 Å². The minimum atomic E-state index is -3.35. The van der Waals surface area contributed by atoms with Crippen molar-refractivity contribution in [3.8, 4) is 11.5 Å². The molecule has 1 unspecified atom stereocenters. The highest BCUT2D eigenvalue weighted by molar-refractivity contribution is 7.88. The number of carbonyl (C=O) groups is 1. The molecular weight excluding hydrogens is 308 g/mol. The first-order valence-corrected chi connectivity index (χ1v) is 8.93. The molecule has 1 saturated heterocycles. The largest absolute Gasteiger partial charge is 0.454 e. The van der Waals surface area contributed by atoms with E-state index in [1.54, 1.807) is 6.07 Å². The maximum Gasteiger partial charge on any atom is 0.238 e. The second-order valence-electron chi connectivity index (χ2n) is 5.44. The maximum atomic E-state index is 12.2. The number of carbonyl (C=O) groups excluding carboxylic acids is 1.